The summed E-state index contributed by atoms with van der Waals surface area (Å²) in [7, 11) is 0. The maximum absolute atomic E-state index is 14.6. The first-order chi connectivity index (χ1) is 20.3. The van der Waals surface area contributed by atoms with Crippen molar-refractivity contribution in [3.63, 3.8) is 0 Å². The molecule has 216 valence electrons. The lowest BCUT2D eigenvalue weighted by atomic mass is 9.99. The summed E-state index contributed by atoms with van der Waals surface area (Å²) < 4.78 is 16.4. The van der Waals surface area contributed by atoms with E-state index in [1.807, 2.05) is 78.0 Å². The van der Waals surface area contributed by atoms with Crippen LogP contribution in [0.5, 0.6) is 0 Å². The minimum atomic E-state index is -0.371. The van der Waals surface area contributed by atoms with Gasteiger partial charge < -0.3 is 4.90 Å². The molecule has 2 aliphatic heterocycles. The van der Waals surface area contributed by atoms with E-state index in [-0.39, 0.29) is 35.2 Å². The number of carbonyl (C=O) groups is 2. The zero-order valence-electron chi connectivity index (χ0n) is 24.2. The molecule has 0 bridgehead atoms. The van der Waals surface area contributed by atoms with Crippen LogP contribution in [0.3, 0.4) is 0 Å². The first-order valence-corrected chi connectivity index (χ1v) is 15.6. The number of hydrogen-bond acceptors (Lipinski definition) is 4. The third-order valence-corrected chi connectivity index (χ3v) is 9.78. The Balaban J connectivity index is 1.59. The Kier molecular flexibility index (Phi) is 7.90. The van der Waals surface area contributed by atoms with Crippen LogP contribution in [-0.2, 0) is 9.59 Å². The summed E-state index contributed by atoms with van der Waals surface area (Å²) in [6.45, 7) is 7.63. The maximum atomic E-state index is 14.6. The SMILES string of the molecule is Cc1cccc(-n2nc(-c3ccccc3)c3c2N(CC(=O)N2CCC(C)CC2)C(=O)CSC3c2cccc(F)c2)c1C. The lowest BCUT2D eigenvalue weighted by molar-refractivity contribution is -0.132. The summed E-state index contributed by atoms with van der Waals surface area (Å²) in [5, 5.41) is 4.81. The Bertz CT molecular complexity index is 1630. The molecule has 2 amide bonds. The number of aryl methyl sites for hydroxylation is 1. The molecule has 42 heavy (non-hydrogen) atoms. The number of rotatable bonds is 5. The van der Waals surface area contributed by atoms with Gasteiger partial charge in [0, 0.05) is 24.2 Å². The molecule has 2 aliphatic rings. The molecule has 1 saturated heterocycles. The van der Waals surface area contributed by atoms with Gasteiger partial charge in [-0.1, -0.05) is 61.5 Å². The van der Waals surface area contributed by atoms with Crippen LogP contribution in [0.2, 0.25) is 0 Å². The summed E-state index contributed by atoms with van der Waals surface area (Å²) in [5.74, 6) is 0.755. The van der Waals surface area contributed by atoms with E-state index in [4.69, 9.17) is 5.10 Å². The molecule has 0 aliphatic carbocycles. The summed E-state index contributed by atoms with van der Waals surface area (Å²) >= 11 is 1.45. The van der Waals surface area contributed by atoms with E-state index in [2.05, 4.69) is 6.92 Å². The van der Waals surface area contributed by atoms with Gasteiger partial charge in [-0.3, -0.25) is 14.5 Å². The van der Waals surface area contributed by atoms with Crippen molar-refractivity contribution < 1.29 is 14.0 Å². The van der Waals surface area contributed by atoms with Crippen molar-refractivity contribution in [3.8, 4) is 16.9 Å². The first-order valence-electron chi connectivity index (χ1n) is 14.5. The number of benzene rings is 3. The van der Waals surface area contributed by atoms with Crippen molar-refractivity contribution >= 4 is 29.4 Å². The van der Waals surface area contributed by atoms with E-state index in [1.165, 1.54) is 23.9 Å². The molecule has 0 spiro atoms. The van der Waals surface area contributed by atoms with Gasteiger partial charge in [-0.2, -0.15) is 5.10 Å². The van der Waals surface area contributed by atoms with Crippen molar-refractivity contribution in [1.29, 1.82) is 0 Å². The normalized spacial score (nSPS) is 17.7. The molecular weight excluding hydrogens is 547 g/mol. The lowest BCUT2D eigenvalue weighted by Crippen LogP contribution is -2.46. The molecule has 6 rings (SSSR count). The fourth-order valence-corrected chi connectivity index (χ4v) is 7.08. The topological polar surface area (TPSA) is 58.4 Å². The highest BCUT2D eigenvalue weighted by atomic mass is 32.2. The van der Waals surface area contributed by atoms with Crippen molar-refractivity contribution in [3.05, 3.63) is 101 Å². The molecule has 8 heteroatoms. The Morgan fingerprint density at radius 2 is 1.74 bits per heavy atom. The Morgan fingerprint density at radius 1 is 1.00 bits per heavy atom. The Hall–Kier alpha value is -3.91. The predicted molar refractivity (Wildman–Crippen MR) is 167 cm³/mol. The summed E-state index contributed by atoms with van der Waals surface area (Å²) in [6, 6.07) is 22.5. The van der Waals surface area contributed by atoms with Crippen LogP contribution in [0.15, 0.2) is 72.8 Å². The summed E-state index contributed by atoms with van der Waals surface area (Å²) in [4.78, 5) is 31.2. The van der Waals surface area contributed by atoms with E-state index < -0.39 is 0 Å². The fourth-order valence-electron chi connectivity index (χ4n) is 5.89. The number of carbonyl (C=O) groups excluding carboxylic acids is 2. The minimum absolute atomic E-state index is 0.0645. The van der Waals surface area contributed by atoms with Crippen LogP contribution >= 0.6 is 11.8 Å². The van der Waals surface area contributed by atoms with Crippen LogP contribution in [0.4, 0.5) is 10.2 Å². The highest BCUT2D eigenvalue weighted by Crippen LogP contribution is 2.49. The van der Waals surface area contributed by atoms with Gasteiger partial charge >= 0.3 is 0 Å². The number of anilines is 1. The van der Waals surface area contributed by atoms with Crippen molar-refractivity contribution in [2.24, 2.45) is 5.92 Å². The van der Waals surface area contributed by atoms with Crippen LogP contribution < -0.4 is 4.90 Å². The number of amides is 2. The summed E-state index contributed by atoms with van der Waals surface area (Å²) in [6.07, 6.45) is 1.92. The van der Waals surface area contributed by atoms with Gasteiger partial charge in [0.2, 0.25) is 11.8 Å². The van der Waals surface area contributed by atoms with Crippen LogP contribution in [0.1, 0.15) is 47.3 Å². The molecule has 1 aromatic heterocycles. The predicted octanol–water partition coefficient (Wildman–Crippen LogP) is 6.72. The van der Waals surface area contributed by atoms with Gasteiger partial charge in [0.25, 0.3) is 0 Å². The van der Waals surface area contributed by atoms with Crippen LogP contribution in [0, 0.1) is 25.6 Å². The molecule has 3 heterocycles. The number of likely N-dealkylation sites (tertiary alicyclic amines) is 1. The lowest BCUT2D eigenvalue weighted by Gasteiger charge is -2.32. The number of fused-ring (bicyclic) bond motifs is 1. The molecule has 0 saturated carbocycles. The molecule has 1 unspecified atom stereocenters. The zero-order chi connectivity index (χ0) is 29.4. The monoisotopic (exact) mass is 582 g/mol. The van der Waals surface area contributed by atoms with E-state index in [0.29, 0.717) is 30.5 Å². The molecule has 1 fully saturated rings. The zero-order valence-corrected chi connectivity index (χ0v) is 25.0. The number of piperidine rings is 1. The van der Waals surface area contributed by atoms with Gasteiger partial charge in [-0.25, -0.2) is 9.07 Å². The number of halogens is 1. The number of hydrogen-bond donors (Lipinski definition) is 0. The Labute approximate surface area is 250 Å². The van der Waals surface area contributed by atoms with E-state index in [1.54, 1.807) is 11.0 Å². The highest BCUT2D eigenvalue weighted by molar-refractivity contribution is 8.00. The van der Waals surface area contributed by atoms with Crippen molar-refractivity contribution in [1.82, 2.24) is 14.7 Å². The first kappa shape index (κ1) is 28.2. The number of aromatic nitrogens is 2. The molecule has 3 aromatic carbocycles. The molecule has 0 radical (unpaired) electrons. The maximum Gasteiger partial charge on any atom is 0.242 e. The van der Waals surface area contributed by atoms with E-state index in [0.717, 1.165) is 46.3 Å². The van der Waals surface area contributed by atoms with Crippen LogP contribution in [0.25, 0.3) is 16.9 Å². The van der Waals surface area contributed by atoms with E-state index >= 15 is 0 Å². The van der Waals surface area contributed by atoms with Gasteiger partial charge in [0.15, 0.2) is 0 Å². The smallest absolute Gasteiger partial charge is 0.242 e. The summed E-state index contributed by atoms with van der Waals surface area (Å²) in [5.41, 5.74) is 6.14. The van der Waals surface area contributed by atoms with E-state index in [9.17, 15) is 14.0 Å². The molecule has 6 nitrogen and oxygen atoms in total. The average Bonchev–Trinajstić information content (AvgIpc) is 3.31. The number of nitrogens with zero attached hydrogens (tertiary/aromatic N) is 4. The molecule has 0 N–H and O–H groups in total. The largest absolute Gasteiger partial charge is 0.341 e. The van der Waals surface area contributed by atoms with Crippen molar-refractivity contribution in [2.75, 3.05) is 30.3 Å². The Morgan fingerprint density at radius 3 is 2.48 bits per heavy atom. The molecule has 4 aromatic rings. The number of thioether (sulfide) groups is 1. The standard InChI is InChI=1S/C34H35FN4O2S/c1-22-15-17-37(18-16-22)29(40)20-38-30(41)21-42-33(26-12-8-13-27(35)19-26)31-32(25-10-5-4-6-11-25)36-39(34(31)38)28-14-7-9-23(2)24(28)3/h4-14,19,22,33H,15-18,20-21H2,1-3H3. The third kappa shape index (κ3) is 5.36. The fraction of sp³-hybridized carbons (Fsp3) is 0.324. The highest BCUT2D eigenvalue weighted by Gasteiger charge is 2.38. The van der Waals surface area contributed by atoms with Crippen molar-refractivity contribution in [2.45, 2.75) is 38.9 Å². The quantitative estimate of drug-likeness (QED) is 0.262. The van der Waals surface area contributed by atoms with Gasteiger partial charge in [0.05, 0.1) is 22.4 Å². The second-order valence-corrected chi connectivity index (χ2v) is 12.5. The van der Waals surface area contributed by atoms with Crippen LogP contribution in [-0.4, -0.2) is 51.9 Å². The van der Waals surface area contributed by atoms with Gasteiger partial charge in [-0.15, -0.1) is 11.8 Å². The average molecular weight is 583 g/mol. The van der Waals surface area contributed by atoms with Gasteiger partial charge in [-0.05, 0) is 67.5 Å². The second-order valence-electron chi connectivity index (χ2n) is 11.4. The molecular formula is C34H35FN4O2S. The third-order valence-electron chi connectivity index (χ3n) is 8.52. The molecule has 1 atom stereocenters. The minimum Gasteiger partial charge on any atom is -0.341 e. The van der Waals surface area contributed by atoms with Gasteiger partial charge in [0.1, 0.15) is 18.2 Å². The second kappa shape index (κ2) is 11.8.